The van der Waals surface area contributed by atoms with Crippen molar-refractivity contribution < 1.29 is 9.59 Å². The maximum absolute atomic E-state index is 13.5. The Hall–Kier alpha value is -2.40. The van der Waals surface area contributed by atoms with Crippen molar-refractivity contribution >= 4 is 28.3 Å². The van der Waals surface area contributed by atoms with E-state index >= 15 is 0 Å². The molecule has 162 valence electrons. The molecule has 2 aliphatic carbocycles. The van der Waals surface area contributed by atoms with E-state index in [0.29, 0.717) is 12.1 Å². The molecule has 1 saturated carbocycles. The fourth-order valence-electron chi connectivity index (χ4n) is 6.24. The van der Waals surface area contributed by atoms with Crippen molar-refractivity contribution in [2.45, 2.75) is 64.1 Å². The summed E-state index contributed by atoms with van der Waals surface area (Å²) in [4.78, 5) is 30.9. The predicted molar refractivity (Wildman–Crippen MR) is 122 cm³/mol. The number of carbonyl (C=O) groups excluding carboxylic acids is 2. The van der Waals surface area contributed by atoms with Gasteiger partial charge in [-0.25, -0.2) is 0 Å². The van der Waals surface area contributed by atoms with Crippen molar-refractivity contribution in [1.82, 2.24) is 14.4 Å². The molecule has 5 nitrogen and oxygen atoms in total. The molecule has 1 aromatic heterocycles. The average molecular weight is 418 g/mol. The largest absolute Gasteiger partial charge is 0.337 e. The minimum absolute atomic E-state index is 0.105. The Morgan fingerprint density at radius 3 is 2.45 bits per heavy atom. The molecular weight excluding hydrogens is 386 g/mol. The summed E-state index contributed by atoms with van der Waals surface area (Å²) in [7, 11) is 2.15. The molecule has 5 heteroatoms. The smallest absolute Gasteiger partial charge is 0.234 e. The number of aromatic nitrogens is 1. The van der Waals surface area contributed by atoms with Gasteiger partial charge in [0.15, 0.2) is 0 Å². The van der Waals surface area contributed by atoms with Gasteiger partial charge in [-0.2, -0.15) is 0 Å². The lowest BCUT2D eigenvalue weighted by Crippen LogP contribution is -2.49. The monoisotopic (exact) mass is 417 g/mol. The second kappa shape index (κ2) is 6.80. The first-order chi connectivity index (χ1) is 14.9. The van der Waals surface area contributed by atoms with E-state index in [1.54, 1.807) is 0 Å². The van der Waals surface area contributed by atoms with Crippen LogP contribution >= 0.6 is 0 Å². The molecule has 4 aliphatic rings. The Balaban J connectivity index is 1.43. The minimum atomic E-state index is -0.105. The molecule has 2 aromatic rings. The van der Waals surface area contributed by atoms with Gasteiger partial charge in [-0.3, -0.25) is 19.1 Å². The van der Waals surface area contributed by atoms with Crippen molar-refractivity contribution in [2.24, 2.45) is 11.8 Å². The van der Waals surface area contributed by atoms with Gasteiger partial charge in [0.25, 0.3) is 0 Å². The first-order valence-corrected chi connectivity index (χ1v) is 11.9. The standard InChI is InChI=1S/C26H31N3O2/c1-15-7-8-16(2)29(15)26(31)19-11-21-20-5-4-6-22-24(20)18(12-23(21)27(3)13-19)14-28(22)25(30)17-9-10-17/h4-6,11,14-17,19,23H,7-10,12-13H2,1-3H3/t15-,16-,19+,23+/m0/s1. The maximum Gasteiger partial charge on any atom is 0.234 e. The molecule has 0 bridgehead atoms. The zero-order chi connectivity index (χ0) is 21.4. The van der Waals surface area contributed by atoms with Gasteiger partial charge in [-0.1, -0.05) is 18.2 Å². The molecule has 31 heavy (non-hydrogen) atoms. The number of fused-ring (bicyclic) bond motifs is 2. The van der Waals surface area contributed by atoms with Crippen LogP contribution in [0, 0.1) is 11.8 Å². The molecule has 0 radical (unpaired) electrons. The Bertz CT molecular complexity index is 1120. The van der Waals surface area contributed by atoms with E-state index in [4.69, 9.17) is 0 Å². The van der Waals surface area contributed by atoms with E-state index in [0.717, 1.165) is 44.2 Å². The van der Waals surface area contributed by atoms with E-state index in [-0.39, 0.29) is 29.7 Å². The van der Waals surface area contributed by atoms with E-state index in [9.17, 15) is 9.59 Å². The number of likely N-dealkylation sites (N-methyl/N-ethyl adjacent to an activating group) is 1. The van der Waals surface area contributed by atoms with Gasteiger partial charge in [0.2, 0.25) is 11.8 Å². The first-order valence-electron chi connectivity index (χ1n) is 11.9. The van der Waals surface area contributed by atoms with Gasteiger partial charge in [-0.15, -0.1) is 0 Å². The molecule has 2 aliphatic heterocycles. The quantitative estimate of drug-likeness (QED) is 0.743. The SMILES string of the molecule is C[C@H]1CC[C@H](C)N1C(=O)[C@@H]1C=C2c3cccc4c3c(cn4C(=O)C3CC3)C[C@H]2N(C)C1. The third-order valence-electron chi connectivity index (χ3n) is 8.08. The number of hydrogen-bond acceptors (Lipinski definition) is 3. The number of likely N-dealkylation sites (tertiary alicyclic amines) is 1. The Labute approximate surface area is 183 Å². The highest BCUT2D eigenvalue weighted by atomic mass is 16.2. The Kier molecular flexibility index (Phi) is 4.23. The zero-order valence-electron chi connectivity index (χ0n) is 18.7. The fourth-order valence-corrected chi connectivity index (χ4v) is 6.24. The number of rotatable bonds is 2. The summed E-state index contributed by atoms with van der Waals surface area (Å²) >= 11 is 0. The molecule has 3 heterocycles. The van der Waals surface area contributed by atoms with Crippen molar-refractivity contribution in [3.63, 3.8) is 0 Å². The molecule has 1 aromatic carbocycles. The van der Waals surface area contributed by atoms with Crippen molar-refractivity contribution in [2.75, 3.05) is 13.6 Å². The van der Waals surface area contributed by atoms with Gasteiger partial charge in [-0.05, 0) is 75.8 Å². The van der Waals surface area contributed by atoms with Crippen molar-refractivity contribution in [3.05, 3.63) is 41.6 Å². The van der Waals surface area contributed by atoms with E-state index < -0.39 is 0 Å². The summed E-state index contributed by atoms with van der Waals surface area (Å²) < 4.78 is 1.90. The van der Waals surface area contributed by atoms with Crippen LogP contribution < -0.4 is 0 Å². The second-order valence-electron chi connectivity index (χ2n) is 10.2. The topological polar surface area (TPSA) is 45.6 Å². The number of carbonyl (C=O) groups is 2. The van der Waals surface area contributed by atoms with Gasteiger partial charge in [0.1, 0.15) is 0 Å². The van der Waals surface area contributed by atoms with Crippen LogP contribution in [0.5, 0.6) is 0 Å². The fraction of sp³-hybridized carbons (Fsp3) is 0.538. The van der Waals surface area contributed by atoms with E-state index in [1.807, 2.05) is 4.57 Å². The summed E-state index contributed by atoms with van der Waals surface area (Å²) in [5.74, 6) is 0.607. The molecule has 6 rings (SSSR count). The lowest BCUT2D eigenvalue weighted by molar-refractivity contribution is -0.137. The highest BCUT2D eigenvalue weighted by Crippen LogP contribution is 2.43. The maximum atomic E-state index is 13.5. The number of nitrogens with zero attached hydrogens (tertiary/aromatic N) is 3. The lowest BCUT2D eigenvalue weighted by atomic mass is 9.79. The van der Waals surface area contributed by atoms with Gasteiger partial charge < -0.3 is 4.90 Å². The highest BCUT2D eigenvalue weighted by molar-refractivity contribution is 6.04. The van der Waals surface area contributed by atoms with Crippen molar-refractivity contribution in [3.8, 4) is 0 Å². The van der Waals surface area contributed by atoms with Gasteiger partial charge >= 0.3 is 0 Å². The third kappa shape index (κ3) is 2.85. The van der Waals surface area contributed by atoms with Crippen LogP contribution in [0.15, 0.2) is 30.5 Å². The molecular formula is C26H31N3O2. The van der Waals surface area contributed by atoms with E-state index in [2.05, 4.69) is 61.2 Å². The summed E-state index contributed by atoms with van der Waals surface area (Å²) in [5, 5.41) is 1.21. The molecule has 1 saturated heterocycles. The summed E-state index contributed by atoms with van der Waals surface area (Å²) in [5.41, 5.74) is 4.76. The number of amides is 1. The first kappa shape index (κ1) is 19.3. The zero-order valence-corrected chi connectivity index (χ0v) is 18.7. The Morgan fingerprint density at radius 1 is 1.00 bits per heavy atom. The molecule has 1 amide bonds. The molecule has 0 N–H and O–H groups in total. The number of hydrogen-bond donors (Lipinski definition) is 0. The molecule has 4 atom stereocenters. The predicted octanol–water partition coefficient (Wildman–Crippen LogP) is 3.96. The normalized spacial score (nSPS) is 30.4. The molecule has 2 fully saturated rings. The van der Waals surface area contributed by atoms with Gasteiger partial charge in [0, 0.05) is 42.2 Å². The van der Waals surface area contributed by atoms with E-state index in [1.165, 1.54) is 22.1 Å². The number of benzene rings is 1. The van der Waals surface area contributed by atoms with Crippen LogP contribution in [0.25, 0.3) is 16.5 Å². The van der Waals surface area contributed by atoms with Crippen LogP contribution in [0.1, 0.15) is 55.5 Å². The van der Waals surface area contributed by atoms with Crippen LogP contribution in [0.4, 0.5) is 0 Å². The minimum Gasteiger partial charge on any atom is -0.337 e. The molecule has 0 unspecified atom stereocenters. The highest BCUT2D eigenvalue weighted by Gasteiger charge is 2.41. The average Bonchev–Trinajstić information content (AvgIpc) is 3.47. The summed E-state index contributed by atoms with van der Waals surface area (Å²) in [6.45, 7) is 5.12. The van der Waals surface area contributed by atoms with Crippen molar-refractivity contribution in [1.29, 1.82) is 0 Å². The van der Waals surface area contributed by atoms with Crippen LogP contribution in [0.3, 0.4) is 0 Å². The summed E-state index contributed by atoms with van der Waals surface area (Å²) in [6.07, 6.45) is 9.47. The molecule has 0 spiro atoms. The van der Waals surface area contributed by atoms with Crippen LogP contribution in [0.2, 0.25) is 0 Å². The van der Waals surface area contributed by atoms with Crippen LogP contribution in [-0.4, -0.2) is 57.9 Å². The lowest BCUT2D eigenvalue weighted by Gasteiger charge is -2.41. The third-order valence-corrected chi connectivity index (χ3v) is 8.08. The Morgan fingerprint density at radius 2 is 1.74 bits per heavy atom. The second-order valence-corrected chi connectivity index (χ2v) is 10.2. The van der Waals surface area contributed by atoms with Crippen LogP contribution in [-0.2, 0) is 11.2 Å². The van der Waals surface area contributed by atoms with Gasteiger partial charge in [0.05, 0.1) is 11.4 Å². The summed E-state index contributed by atoms with van der Waals surface area (Å²) in [6, 6.07) is 7.24.